The summed E-state index contributed by atoms with van der Waals surface area (Å²) in [7, 11) is 1.50. The molecule has 4 rings (SSSR count). The fourth-order valence-corrected chi connectivity index (χ4v) is 5.94. The maximum Gasteiger partial charge on any atom is 0.247 e. The molecular formula is C29H40N2O7. The Morgan fingerprint density at radius 2 is 1.97 bits per heavy atom. The first-order valence-corrected chi connectivity index (χ1v) is 13.7. The van der Waals surface area contributed by atoms with Gasteiger partial charge in [-0.15, -0.1) is 0 Å². The summed E-state index contributed by atoms with van der Waals surface area (Å²) in [6, 6.07) is 2.65. The summed E-state index contributed by atoms with van der Waals surface area (Å²) >= 11 is 0. The number of carbonyl (C=O) groups is 2. The van der Waals surface area contributed by atoms with E-state index in [4.69, 9.17) is 9.47 Å². The Bertz CT molecular complexity index is 1060. The third-order valence-corrected chi connectivity index (χ3v) is 7.81. The predicted molar refractivity (Wildman–Crippen MR) is 142 cm³/mol. The lowest BCUT2D eigenvalue weighted by Crippen LogP contribution is -2.56. The van der Waals surface area contributed by atoms with Crippen molar-refractivity contribution in [2.45, 2.75) is 76.2 Å². The number of ether oxygens (including phenoxy) is 2. The summed E-state index contributed by atoms with van der Waals surface area (Å²) in [6.07, 6.45) is 9.26. The summed E-state index contributed by atoms with van der Waals surface area (Å²) in [4.78, 5) is 28.5. The van der Waals surface area contributed by atoms with Crippen LogP contribution in [0.3, 0.4) is 0 Å². The van der Waals surface area contributed by atoms with Gasteiger partial charge >= 0.3 is 0 Å². The Balaban J connectivity index is 1.78. The van der Waals surface area contributed by atoms with Gasteiger partial charge in [-0.1, -0.05) is 32.3 Å². The third-order valence-electron chi connectivity index (χ3n) is 7.81. The van der Waals surface area contributed by atoms with Crippen molar-refractivity contribution in [2.24, 2.45) is 5.92 Å². The summed E-state index contributed by atoms with van der Waals surface area (Å²) in [5.74, 6) is -0.0983. The summed E-state index contributed by atoms with van der Waals surface area (Å²) in [6.45, 7) is 2.06. The molecule has 9 heteroatoms. The Morgan fingerprint density at radius 1 is 1.21 bits per heavy atom. The number of hydrogen-bond donors (Lipinski definition) is 4. The summed E-state index contributed by atoms with van der Waals surface area (Å²) in [5.41, 5.74) is 1.59. The zero-order valence-corrected chi connectivity index (χ0v) is 22.3. The molecule has 4 atom stereocenters. The number of rotatable bonds is 10. The maximum atomic E-state index is 13.4. The van der Waals surface area contributed by atoms with Crippen LogP contribution in [0.25, 0.3) is 0 Å². The van der Waals surface area contributed by atoms with Crippen LogP contribution in [0.15, 0.2) is 35.9 Å². The van der Waals surface area contributed by atoms with Gasteiger partial charge in [-0.2, -0.15) is 0 Å². The van der Waals surface area contributed by atoms with Crippen molar-refractivity contribution in [3.8, 4) is 11.5 Å². The van der Waals surface area contributed by atoms with Crippen LogP contribution in [0.4, 0.5) is 0 Å². The SMILES string of the molecule is CCC=CC(=O)N(CC1CCCCC1)[C@@H]1C=C(C(=O)NCCO)[C@@H]2c3cc(CO)cc(OC)c3O[C@@H]2[C@H]1O. The van der Waals surface area contributed by atoms with Crippen molar-refractivity contribution in [3.05, 3.63) is 47.1 Å². The Kier molecular flexibility index (Phi) is 9.46. The van der Waals surface area contributed by atoms with E-state index in [0.29, 0.717) is 47.1 Å². The lowest BCUT2D eigenvalue weighted by molar-refractivity contribution is -0.133. The van der Waals surface area contributed by atoms with Crippen LogP contribution in [-0.2, 0) is 16.2 Å². The molecule has 3 aliphatic rings. The lowest BCUT2D eigenvalue weighted by Gasteiger charge is -2.42. The molecule has 0 saturated heterocycles. The number of allylic oxidation sites excluding steroid dienone is 1. The van der Waals surface area contributed by atoms with Gasteiger partial charge in [-0.05, 0) is 55.0 Å². The lowest BCUT2D eigenvalue weighted by atomic mass is 9.77. The highest BCUT2D eigenvalue weighted by Crippen LogP contribution is 2.51. The van der Waals surface area contributed by atoms with Crippen LogP contribution in [0.2, 0.25) is 0 Å². The predicted octanol–water partition coefficient (Wildman–Crippen LogP) is 2.19. The normalized spacial score (nSPS) is 24.8. The van der Waals surface area contributed by atoms with E-state index in [0.717, 1.165) is 25.7 Å². The van der Waals surface area contributed by atoms with Crippen molar-refractivity contribution in [2.75, 3.05) is 26.8 Å². The van der Waals surface area contributed by atoms with Crippen LogP contribution >= 0.6 is 0 Å². The van der Waals surface area contributed by atoms with Gasteiger partial charge in [0.15, 0.2) is 11.5 Å². The van der Waals surface area contributed by atoms with Gasteiger partial charge in [0.2, 0.25) is 11.8 Å². The van der Waals surface area contributed by atoms with Crippen molar-refractivity contribution in [1.82, 2.24) is 10.2 Å². The number of aliphatic hydroxyl groups is 3. The second kappa shape index (κ2) is 12.8. The molecule has 0 radical (unpaired) electrons. The van der Waals surface area contributed by atoms with Gasteiger partial charge in [0.05, 0.1) is 32.3 Å². The van der Waals surface area contributed by atoms with Crippen molar-refractivity contribution < 1.29 is 34.4 Å². The highest BCUT2D eigenvalue weighted by atomic mass is 16.5. The number of benzene rings is 1. The highest BCUT2D eigenvalue weighted by molar-refractivity contribution is 5.96. The minimum atomic E-state index is -1.10. The Labute approximate surface area is 224 Å². The minimum Gasteiger partial charge on any atom is -0.493 e. The van der Waals surface area contributed by atoms with Crippen LogP contribution in [-0.4, -0.2) is 77.1 Å². The average molecular weight is 529 g/mol. The summed E-state index contributed by atoms with van der Waals surface area (Å²) in [5, 5.41) is 33.6. The number of aliphatic hydroxyl groups excluding tert-OH is 3. The topological polar surface area (TPSA) is 129 Å². The molecule has 4 N–H and O–H groups in total. The van der Waals surface area contributed by atoms with Gasteiger partial charge < -0.3 is 35.0 Å². The second-order valence-electron chi connectivity index (χ2n) is 10.3. The molecule has 9 nitrogen and oxygen atoms in total. The molecule has 1 saturated carbocycles. The van der Waals surface area contributed by atoms with Gasteiger partial charge in [0.25, 0.3) is 0 Å². The standard InChI is InChI=1S/C29H40N2O7/c1-3-4-10-24(34)31(16-18-8-6-5-7-9-18)22-15-21(29(36)30-11-12-32)25-20-13-19(17-33)14-23(37-2)27(20)38-28(25)26(22)35/h4,10,13-15,18,22,25-26,28,32-33,35H,3,5-9,11-12,16-17H2,1-2H3,(H,30,36)/t22-,25+,26+,28+/m1/s1. The molecule has 1 fully saturated rings. The largest absolute Gasteiger partial charge is 0.493 e. The van der Waals surface area contributed by atoms with Crippen molar-refractivity contribution in [3.63, 3.8) is 0 Å². The van der Waals surface area contributed by atoms with Gasteiger partial charge in [-0.25, -0.2) is 0 Å². The van der Waals surface area contributed by atoms with Crippen LogP contribution in [0.5, 0.6) is 11.5 Å². The Morgan fingerprint density at radius 3 is 2.63 bits per heavy atom. The number of carbonyl (C=O) groups excluding carboxylic acids is 2. The third kappa shape index (κ3) is 5.75. The number of nitrogens with one attached hydrogen (secondary N) is 1. The minimum absolute atomic E-state index is 0.0679. The average Bonchev–Trinajstić information content (AvgIpc) is 3.34. The molecule has 208 valence electrons. The van der Waals surface area contributed by atoms with E-state index in [1.54, 1.807) is 35.3 Å². The van der Waals surface area contributed by atoms with E-state index in [1.165, 1.54) is 13.5 Å². The monoisotopic (exact) mass is 528 g/mol. The first-order chi connectivity index (χ1) is 18.4. The van der Waals surface area contributed by atoms with Crippen LogP contribution < -0.4 is 14.8 Å². The second-order valence-corrected chi connectivity index (χ2v) is 10.3. The smallest absolute Gasteiger partial charge is 0.247 e. The number of hydrogen-bond acceptors (Lipinski definition) is 7. The molecular weight excluding hydrogens is 488 g/mol. The van der Waals surface area contributed by atoms with Crippen molar-refractivity contribution >= 4 is 11.8 Å². The number of fused-ring (bicyclic) bond motifs is 3. The van der Waals surface area contributed by atoms with E-state index < -0.39 is 30.1 Å². The molecule has 38 heavy (non-hydrogen) atoms. The molecule has 1 aromatic rings. The van der Waals surface area contributed by atoms with E-state index in [1.807, 2.05) is 6.92 Å². The fourth-order valence-electron chi connectivity index (χ4n) is 5.94. The van der Waals surface area contributed by atoms with E-state index in [-0.39, 0.29) is 25.7 Å². The van der Waals surface area contributed by atoms with Crippen LogP contribution in [0, 0.1) is 5.92 Å². The molecule has 1 heterocycles. The van der Waals surface area contributed by atoms with Crippen LogP contribution in [0.1, 0.15) is 62.5 Å². The quantitative estimate of drug-likeness (QED) is 0.343. The molecule has 2 amide bonds. The van der Waals surface area contributed by atoms with E-state index in [2.05, 4.69) is 5.32 Å². The number of nitrogens with zero attached hydrogens (tertiary/aromatic N) is 1. The number of methoxy groups -OCH3 is 1. The first kappa shape index (κ1) is 28.1. The molecule has 1 aromatic carbocycles. The zero-order chi connectivity index (χ0) is 27.2. The van der Waals surface area contributed by atoms with Gasteiger partial charge in [-0.3, -0.25) is 9.59 Å². The molecule has 0 spiro atoms. The molecule has 1 aliphatic heterocycles. The fraction of sp³-hybridized carbons (Fsp3) is 0.586. The Hall–Kier alpha value is -2.88. The van der Waals surface area contributed by atoms with E-state index in [9.17, 15) is 24.9 Å². The first-order valence-electron chi connectivity index (χ1n) is 13.7. The highest BCUT2D eigenvalue weighted by Gasteiger charge is 2.51. The molecule has 0 unspecified atom stereocenters. The summed E-state index contributed by atoms with van der Waals surface area (Å²) < 4.78 is 11.8. The molecule has 0 bridgehead atoms. The number of amides is 2. The van der Waals surface area contributed by atoms with Gasteiger partial charge in [0.1, 0.15) is 12.2 Å². The van der Waals surface area contributed by atoms with Gasteiger partial charge in [0, 0.05) is 24.2 Å². The zero-order valence-electron chi connectivity index (χ0n) is 22.3. The van der Waals surface area contributed by atoms with Crippen molar-refractivity contribution in [1.29, 1.82) is 0 Å². The molecule has 0 aromatic heterocycles. The molecule has 2 aliphatic carbocycles. The van der Waals surface area contributed by atoms with E-state index >= 15 is 0 Å². The maximum absolute atomic E-state index is 13.4.